The fourth-order valence-corrected chi connectivity index (χ4v) is 2.60. The van der Waals surface area contributed by atoms with Crippen LogP contribution in [0.1, 0.15) is 36.3 Å². The molecular weight excluding hydrogens is 284 g/mol. The molecule has 1 amide bonds. The first kappa shape index (κ1) is 16.0. The van der Waals surface area contributed by atoms with Crippen molar-refractivity contribution >= 4 is 35.0 Å². The van der Waals surface area contributed by atoms with Crippen molar-refractivity contribution in [3.05, 3.63) is 16.1 Å². The van der Waals surface area contributed by atoms with Crippen LogP contribution in [0.2, 0.25) is 0 Å². The zero-order chi connectivity index (χ0) is 14.5. The van der Waals surface area contributed by atoms with Crippen molar-refractivity contribution in [2.45, 2.75) is 31.9 Å². The minimum absolute atomic E-state index is 0.00469. The van der Waals surface area contributed by atoms with Gasteiger partial charge in [0.05, 0.1) is 10.8 Å². The second-order valence-corrected chi connectivity index (χ2v) is 7.68. The number of nitrogens with zero attached hydrogens (tertiary/aromatic N) is 1. The molecule has 0 spiro atoms. The Morgan fingerprint density at radius 3 is 2.68 bits per heavy atom. The smallest absolute Gasteiger partial charge is 0.355 e. The van der Waals surface area contributed by atoms with Gasteiger partial charge in [-0.25, -0.2) is 9.78 Å². The van der Waals surface area contributed by atoms with Crippen molar-refractivity contribution in [2.75, 3.05) is 12.3 Å². The summed E-state index contributed by atoms with van der Waals surface area (Å²) in [7, 11) is 0. The SMILES string of the molecule is CC(C)(C)SCC(=O)NCCc1nc(C(=O)O)cs1. The summed E-state index contributed by atoms with van der Waals surface area (Å²) in [6.07, 6.45) is 0.559. The Labute approximate surface area is 120 Å². The Morgan fingerprint density at radius 2 is 2.16 bits per heavy atom. The molecule has 7 heteroatoms. The van der Waals surface area contributed by atoms with Crippen LogP contribution in [-0.2, 0) is 11.2 Å². The molecule has 0 aliphatic heterocycles. The van der Waals surface area contributed by atoms with Gasteiger partial charge in [-0.15, -0.1) is 23.1 Å². The highest BCUT2D eigenvalue weighted by molar-refractivity contribution is 8.01. The summed E-state index contributed by atoms with van der Waals surface area (Å²) < 4.78 is 0.0725. The van der Waals surface area contributed by atoms with E-state index in [1.165, 1.54) is 16.7 Å². The number of aromatic nitrogens is 1. The van der Waals surface area contributed by atoms with Crippen LogP contribution in [0.15, 0.2) is 5.38 Å². The molecule has 0 radical (unpaired) electrons. The van der Waals surface area contributed by atoms with E-state index in [1.54, 1.807) is 11.8 Å². The van der Waals surface area contributed by atoms with Crippen LogP contribution in [0.3, 0.4) is 0 Å². The zero-order valence-electron chi connectivity index (χ0n) is 11.2. The summed E-state index contributed by atoms with van der Waals surface area (Å²) in [5, 5.41) is 13.8. The summed E-state index contributed by atoms with van der Waals surface area (Å²) in [5.74, 6) is -0.593. The number of carbonyl (C=O) groups is 2. The second kappa shape index (κ2) is 6.91. The van der Waals surface area contributed by atoms with E-state index < -0.39 is 5.97 Å². The number of nitrogens with one attached hydrogen (secondary N) is 1. The van der Waals surface area contributed by atoms with Crippen LogP contribution in [0.25, 0.3) is 0 Å². The van der Waals surface area contributed by atoms with Gasteiger partial charge in [0.25, 0.3) is 0 Å². The van der Waals surface area contributed by atoms with Crippen LogP contribution in [0.5, 0.6) is 0 Å². The molecule has 0 saturated carbocycles. The normalized spacial score (nSPS) is 11.3. The van der Waals surface area contributed by atoms with E-state index >= 15 is 0 Å². The number of rotatable bonds is 6. The highest BCUT2D eigenvalue weighted by atomic mass is 32.2. The van der Waals surface area contributed by atoms with Gasteiger partial charge in [-0.2, -0.15) is 0 Å². The molecule has 5 nitrogen and oxygen atoms in total. The van der Waals surface area contributed by atoms with E-state index in [4.69, 9.17) is 5.11 Å². The lowest BCUT2D eigenvalue weighted by molar-refractivity contribution is -0.118. The third-order valence-corrected chi connectivity index (χ3v) is 4.25. The Kier molecular flexibility index (Phi) is 5.81. The molecule has 19 heavy (non-hydrogen) atoms. The highest BCUT2D eigenvalue weighted by Crippen LogP contribution is 2.22. The van der Waals surface area contributed by atoms with Gasteiger partial charge < -0.3 is 10.4 Å². The van der Waals surface area contributed by atoms with Gasteiger partial charge in [0, 0.05) is 23.1 Å². The largest absolute Gasteiger partial charge is 0.476 e. The van der Waals surface area contributed by atoms with Crippen molar-refractivity contribution in [1.82, 2.24) is 10.3 Å². The van der Waals surface area contributed by atoms with Crippen LogP contribution in [0, 0.1) is 0 Å². The third-order valence-electron chi connectivity index (χ3n) is 2.07. The first-order valence-corrected chi connectivity index (χ1v) is 7.73. The van der Waals surface area contributed by atoms with Gasteiger partial charge >= 0.3 is 5.97 Å². The zero-order valence-corrected chi connectivity index (χ0v) is 12.9. The average Bonchev–Trinajstić information content (AvgIpc) is 2.74. The highest BCUT2D eigenvalue weighted by Gasteiger charge is 2.13. The number of thiazole rings is 1. The quantitative estimate of drug-likeness (QED) is 0.840. The minimum atomic E-state index is -1.02. The topological polar surface area (TPSA) is 79.3 Å². The van der Waals surface area contributed by atoms with Crippen LogP contribution >= 0.6 is 23.1 Å². The van der Waals surface area contributed by atoms with Gasteiger partial charge in [-0.3, -0.25) is 4.79 Å². The molecule has 1 rings (SSSR count). The van der Waals surface area contributed by atoms with E-state index in [2.05, 4.69) is 31.1 Å². The number of carboxylic acid groups (broad SMARTS) is 1. The van der Waals surface area contributed by atoms with Crippen molar-refractivity contribution in [3.63, 3.8) is 0 Å². The number of carboxylic acids is 1. The predicted molar refractivity (Wildman–Crippen MR) is 78.0 cm³/mol. The Hall–Kier alpha value is -1.08. The van der Waals surface area contributed by atoms with E-state index in [9.17, 15) is 9.59 Å². The third kappa shape index (κ3) is 6.58. The average molecular weight is 302 g/mol. The Morgan fingerprint density at radius 1 is 1.47 bits per heavy atom. The molecule has 2 N–H and O–H groups in total. The fraction of sp³-hybridized carbons (Fsp3) is 0.583. The Bertz CT molecular complexity index is 452. The number of hydrogen-bond donors (Lipinski definition) is 2. The van der Waals surface area contributed by atoms with Crippen LogP contribution in [0.4, 0.5) is 0 Å². The number of thioether (sulfide) groups is 1. The molecule has 0 aliphatic carbocycles. The number of carbonyl (C=O) groups excluding carboxylic acids is 1. The van der Waals surface area contributed by atoms with E-state index in [1.807, 2.05) is 0 Å². The van der Waals surface area contributed by atoms with Gasteiger partial charge in [0.15, 0.2) is 5.69 Å². The standard InChI is InChI=1S/C12H18N2O3S2/c1-12(2,3)19-7-9(15)13-5-4-10-14-8(6-18-10)11(16)17/h6H,4-5,7H2,1-3H3,(H,13,15)(H,16,17). The number of aromatic carboxylic acids is 1. The van der Waals surface area contributed by atoms with Crippen molar-refractivity contribution in [2.24, 2.45) is 0 Å². The molecule has 1 heterocycles. The second-order valence-electron chi connectivity index (χ2n) is 4.93. The molecule has 1 aromatic rings. The van der Waals surface area contributed by atoms with Gasteiger partial charge in [-0.05, 0) is 0 Å². The molecule has 106 valence electrons. The summed E-state index contributed by atoms with van der Waals surface area (Å²) >= 11 is 2.89. The summed E-state index contributed by atoms with van der Waals surface area (Å²) in [6.45, 7) is 6.67. The molecule has 0 unspecified atom stereocenters. The molecule has 1 aromatic heterocycles. The Balaban J connectivity index is 2.26. The van der Waals surface area contributed by atoms with Crippen molar-refractivity contribution in [1.29, 1.82) is 0 Å². The maximum absolute atomic E-state index is 11.6. The molecule has 0 aliphatic rings. The van der Waals surface area contributed by atoms with Crippen LogP contribution in [-0.4, -0.2) is 39.0 Å². The fourth-order valence-electron chi connectivity index (χ4n) is 1.17. The van der Waals surface area contributed by atoms with Gasteiger partial charge in [0.1, 0.15) is 0 Å². The van der Waals surface area contributed by atoms with Crippen LogP contribution < -0.4 is 5.32 Å². The molecular formula is C12H18N2O3S2. The lowest BCUT2D eigenvalue weighted by atomic mass is 10.3. The number of amides is 1. The molecule has 0 atom stereocenters. The monoisotopic (exact) mass is 302 g/mol. The van der Waals surface area contributed by atoms with E-state index in [-0.39, 0.29) is 16.3 Å². The molecule has 0 aromatic carbocycles. The van der Waals surface area contributed by atoms with Gasteiger partial charge in [-0.1, -0.05) is 20.8 Å². The summed E-state index contributed by atoms with van der Waals surface area (Å²) in [4.78, 5) is 26.2. The maximum atomic E-state index is 11.6. The van der Waals surface area contributed by atoms with E-state index in [0.717, 1.165) is 5.01 Å². The minimum Gasteiger partial charge on any atom is -0.476 e. The maximum Gasteiger partial charge on any atom is 0.355 e. The van der Waals surface area contributed by atoms with Crippen molar-refractivity contribution < 1.29 is 14.7 Å². The van der Waals surface area contributed by atoms with Gasteiger partial charge in [0.2, 0.25) is 5.91 Å². The summed E-state index contributed by atoms with van der Waals surface area (Å²) in [5.41, 5.74) is 0.0645. The molecule has 0 fully saturated rings. The van der Waals surface area contributed by atoms with E-state index in [0.29, 0.717) is 18.7 Å². The predicted octanol–water partition coefficient (Wildman–Crippen LogP) is 2.03. The molecule has 0 saturated heterocycles. The lowest BCUT2D eigenvalue weighted by Gasteiger charge is -2.16. The lowest BCUT2D eigenvalue weighted by Crippen LogP contribution is -2.28. The first-order chi connectivity index (χ1) is 8.78. The first-order valence-electron chi connectivity index (χ1n) is 5.86. The van der Waals surface area contributed by atoms with Crippen molar-refractivity contribution in [3.8, 4) is 0 Å². The number of hydrogen-bond acceptors (Lipinski definition) is 5. The summed E-state index contributed by atoms with van der Waals surface area (Å²) in [6, 6.07) is 0. The molecule has 0 bridgehead atoms.